The smallest absolute Gasteiger partial charge is 0.164 e. The molecule has 0 radical (unpaired) electrons. The summed E-state index contributed by atoms with van der Waals surface area (Å²) >= 11 is 0. The molecule has 3 atom stereocenters. The van der Waals surface area contributed by atoms with Gasteiger partial charge in [0.25, 0.3) is 0 Å². The van der Waals surface area contributed by atoms with Crippen molar-refractivity contribution < 1.29 is 0 Å². The van der Waals surface area contributed by atoms with Crippen LogP contribution in [0.25, 0.3) is 113 Å². The lowest BCUT2D eigenvalue weighted by Crippen LogP contribution is -2.26. The van der Waals surface area contributed by atoms with E-state index < -0.39 is 5.41 Å². The van der Waals surface area contributed by atoms with Gasteiger partial charge in [0.1, 0.15) is 5.82 Å². The van der Waals surface area contributed by atoms with E-state index in [0.717, 1.165) is 79.9 Å². The molecule has 6 heteroatoms. The van der Waals surface area contributed by atoms with Crippen LogP contribution in [0.2, 0.25) is 0 Å². The van der Waals surface area contributed by atoms with E-state index in [1.54, 1.807) is 0 Å². The summed E-state index contributed by atoms with van der Waals surface area (Å²) in [5.41, 5.74) is 21.7. The van der Waals surface area contributed by atoms with Gasteiger partial charge in [0, 0.05) is 39.7 Å². The average molecular weight is 1090 g/mol. The van der Waals surface area contributed by atoms with Gasteiger partial charge < -0.3 is 0 Å². The second-order valence-electron chi connectivity index (χ2n) is 22.4. The van der Waals surface area contributed by atoms with Crippen molar-refractivity contribution in [3.05, 3.63) is 325 Å². The van der Waals surface area contributed by atoms with Crippen molar-refractivity contribution in [3.63, 3.8) is 0 Å². The highest BCUT2D eigenvalue weighted by Crippen LogP contribution is 2.63. The molecule has 2 heterocycles. The highest BCUT2D eigenvalue weighted by molar-refractivity contribution is 5.96. The summed E-state index contributed by atoms with van der Waals surface area (Å²) in [6.45, 7) is 0. The van der Waals surface area contributed by atoms with Crippen LogP contribution in [0.4, 0.5) is 0 Å². The topological polar surface area (TPSA) is 77.3 Å². The molecule has 3 unspecified atom stereocenters. The molecule has 400 valence electrons. The van der Waals surface area contributed by atoms with Crippen LogP contribution in [0.3, 0.4) is 0 Å². The maximum atomic E-state index is 5.44. The van der Waals surface area contributed by atoms with Gasteiger partial charge in [-0.1, -0.05) is 279 Å². The molecule has 0 saturated carbocycles. The summed E-state index contributed by atoms with van der Waals surface area (Å²) in [5, 5.41) is 0. The largest absolute Gasteiger partial charge is 0.212 e. The molecular weight excluding hydrogens is 1030 g/mol. The molecule has 2 aromatic heterocycles. The molecule has 0 amide bonds. The lowest BCUT2D eigenvalue weighted by molar-refractivity contribution is 0.723. The molecule has 0 N–H and O–H groups in total. The molecule has 0 saturated heterocycles. The van der Waals surface area contributed by atoms with Gasteiger partial charge in [-0.15, -0.1) is 0 Å². The Morgan fingerprint density at radius 2 is 0.647 bits per heavy atom. The zero-order chi connectivity index (χ0) is 56.3. The van der Waals surface area contributed by atoms with Crippen molar-refractivity contribution in [2.75, 3.05) is 0 Å². The van der Waals surface area contributed by atoms with Crippen LogP contribution in [0.5, 0.6) is 0 Å². The number of nitrogens with zero attached hydrogens (tertiary/aromatic N) is 6. The maximum Gasteiger partial charge on any atom is 0.164 e. The number of allylic oxidation sites excluding steroid dienone is 8. The minimum Gasteiger partial charge on any atom is -0.212 e. The standard InChI is InChI=1S/C79H54N6/c1-5-17-51(18-6-1)55-29-37-59(38-30-55)73-80-74(60-39-31-56(32-40-60)52-19-7-2-8-20-52)83-77(82-73)63-45-47-67-65-25-13-15-27-69(65)79(71(67)49-63)70-28-16-14-26-66(70)68-48-46-64(50-72(68)79)78-84-75(61-41-33-57(34-42-61)53-21-9-3-10-22-53)81-76(85-78)62-43-35-58(36-44-62)54-23-11-4-12-24-54/h1-23,25-43,45-50,54,62H,24,44H2. The Hall–Kier alpha value is -10.8. The Bertz CT molecular complexity index is 4570. The molecule has 6 nitrogen and oxygen atoms in total. The van der Waals surface area contributed by atoms with Gasteiger partial charge in [0.15, 0.2) is 29.1 Å². The fourth-order valence-electron chi connectivity index (χ4n) is 13.3. The van der Waals surface area contributed by atoms with Gasteiger partial charge in [0.2, 0.25) is 0 Å². The third-order valence-electron chi connectivity index (χ3n) is 17.5. The molecule has 16 rings (SSSR count). The summed E-state index contributed by atoms with van der Waals surface area (Å²) in [4.78, 5) is 32.1. The first-order chi connectivity index (χ1) is 42.1. The number of rotatable bonds is 10. The van der Waals surface area contributed by atoms with Crippen molar-refractivity contribution >= 4 is 0 Å². The second-order valence-corrected chi connectivity index (χ2v) is 22.4. The Labute approximate surface area is 494 Å². The van der Waals surface area contributed by atoms with E-state index >= 15 is 0 Å². The molecule has 0 bridgehead atoms. The van der Waals surface area contributed by atoms with Gasteiger partial charge in [-0.2, -0.15) is 0 Å². The molecule has 4 aliphatic rings. The zero-order valence-electron chi connectivity index (χ0n) is 46.5. The van der Waals surface area contributed by atoms with Gasteiger partial charge in [-0.3, -0.25) is 0 Å². The van der Waals surface area contributed by atoms with Gasteiger partial charge in [-0.05, 0) is 108 Å². The van der Waals surface area contributed by atoms with Crippen LogP contribution >= 0.6 is 0 Å². The predicted octanol–water partition coefficient (Wildman–Crippen LogP) is 18.8. The van der Waals surface area contributed by atoms with E-state index in [-0.39, 0.29) is 5.92 Å². The number of hydrogen-bond donors (Lipinski definition) is 0. The highest BCUT2D eigenvalue weighted by Gasteiger charge is 2.52. The van der Waals surface area contributed by atoms with E-state index in [4.69, 9.17) is 29.9 Å². The fraction of sp³-hybridized carbons (Fsp3) is 0.0633. The van der Waals surface area contributed by atoms with Gasteiger partial charge in [-0.25, -0.2) is 29.9 Å². The maximum absolute atomic E-state index is 5.44. The number of benzene rings is 10. The normalized spacial score (nSPS) is 16.8. The van der Waals surface area contributed by atoms with E-state index in [9.17, 15) is 0 Å². The molecule has 85 heavy (non-hydrogen) atoms. The molecule has 12 aromatic rings. The first kappa shape index (κ1) is 50.0. The van der Waals surface area contributed by atoms with Crippen molar-refractivity contribution in [3.8, 4) is 113 Å². The summed E-state index contributed by atoms with van der Waals surface area (Å²) in [6.07, 6.45) is 17.6. The summed E-state index contributed by atoms with van der Waals surface area (Å²) < 4.78 is 0. The van der Waals surface area contributed by atoms with E-state index in [1.807, 2.05) is 12.1 Å². The van der Waals surface area contributed by atoms with Crippen LogP contribution in [-0.4, -0.2) is 29.9 Å². The Morgan fingerprint density at radius 3 is 1.07 bits per heavy atom. The van der Waals surface area contributed by atoms with Crippen molar-refractivity contribution in [1.29, 1.82) is 0 Å². The van der Waals surface area contributed by atoms with Gasteiger partial charge >= 0.3 is 0 Å². The fourth-order valence-corrected chi connectivity index (χ4v) is 13.3. The van der Waals surface area contributed by atoms with Crippen LogP contribution in [0.1, 0.15) is 46.8 Å². The molecule has 1 spiro atoms. The summed E-state index contributed by atoms with van der Waals surface area (Å²) in [5.74, 6) is 4.21. The van der Waals surface area contributed by atoms with Crippen LogP contribution in [0, 0.1) is 5.92 Å². The number of hydrogen-bond acceptors (Lipinski definition) is 6. The monoisotopic (exact) mass is 1090 g/mol. The first-order valence-corrected chi connectivity index (χ1v) is 29.3. The van der Waals surface area contributed by atoms with E-state index in [1.165, 1.54) is 50.1 Å². The minimum atomic E-state index is -0.703. The molecule has 0 fully saturated rings. The average Bonchev–Trinajstić information content (AvgIpc) is 1.58. The van der Waals surface area contributed by atoms with Crippen LogP contribution in [0.15, 0.2) is 297 Å². The van der Waals surface area contributed by atoms with Gasteiger partial charge in [0.05, 0.1) is 5.41 Å². The van der Waals surface area contributed by atoms with Crippen LogP contribution < -0.4 is 0 Å². The predicted molar refractivity (Wildman–Crippen MR) is 344 cm³/mol. The third kappa shape index (κ3) is 8.81. The molecule has 10 aromatic carbocycles. The molecular formula is C79H54N6. The summed E-state index contributed by atoms with van der Waals surface area (Å²) in [6, 6.07) is 88.7. The zero-order valence-corrected chi connectivity index (χ0v) is 46.5. The van der Waals surface area contributed by atoms with E-state index in [2.05, 4.69) is 279 Å². The highest BCUT2D eigenvalue weighted by atomic mass is 15.0. The quantitative estimate of drug-likeness (QED) is 0.136. The first-order valence-electron chi connectivity index (χ1n) is 29.3. The molecule has 0 aliphatic heterocycles. The molecule has 4 aliphatic carbocycles. The van der Waals surface area contributed by atoms with Crippen molar-refractivity contribution in [2.24, 2.45) is 5.92 Å². The number of fused-ring (bicyclic) bond motifs is 10. The Morgan fingerprint density at radius 1 is 0.282 bits per heavy atom. The minimum absolute atomic E-state index is 0.0215. The van der Waals surface area contributed by atoms with E-state index in [0.29, 0.717) is 35.0 Å². The summed E-state index contributed by atoms with van der Waals surface area (Å²) in [7, 11) is 0. The SMILES string of the molecule is C1=CCC(C2=CCC(c3nc(-c4ccc(-c5ccccc5)cc4)nc(-c4ccc5c(c4)C4(c6ccccc6-c6ccc(-c7nc(-c8ccc(-c9ccccc9)cc8)nc(-c8ccc(-c9ccccc9)cc8)n7)cc64)c4ccccc4-5)n3)C=C2)C=C1. The lowest BCUT2D eigenvalue weighted by Gasteiger charge is -2.31. The Kier molecular flexibility index (Phi) is 12.3. The number of aromatic nitrogens is 6. The third-order valence-corrected chi connectivity index (χ3v) is 17.5. The van der Waals surface area contributed by atoms with Crippen LogP contribution in [-0.2, 0) is 5.41 Å². The lowest BCUT2D eigenvalue weighted by atomic mass is 9.70. The van der Waals surface area contributed by atoms with Crippen molar-refractivity contribution in [1.82, 2.24) is 29.9 Å². The second kappa shape index (κ2) is 20.9. The Balaban J connectivity index is 0.844. The van der Waals surface area contributed by atoms with Crippen molar-refractivity contribution in [2.45, 2.75) is 24.2 Å².